The topological polar surface area (TPSA) is 59.4 Å². The summed E-state index contributed by atoms with van der Waals surface area (Å²) in [7, 11) is 0. The van der Waals surface area contributed by atoms with Crippen LogP contribution in [-0.4, -0.2) is 22.7 Å². The number of carboxylic acids is 1. The van der Waals surface area contributed by atoms with Gasteiger partial charge >= 0.3 is 5.97 Å². The number of aliphatic carboxylic acids is 1. The molecule has 0 bridgehead atoms. The molecule has 1 N–H and O–H groups in total. The number of unbranched alkanes of at least 4 members (excludes halogenated alkanes) is 1. The molecular weight excluding hydrogens is 410 g/mol. The Bertz CT molecular complexity index is 1170. The summed E-state index contributed by atoms with van der Waals surface area (Å²) in [5.74, 6) is 0.644. The molecule has 0 saturated heterocycles. The monoisotopic (exact) mass is 445 g/mol. The van der Waals surface area contributed by atoms with Crippen LogP contribution in [0.3, 0.4) is 0 Å². The van der Waals surface area contributed by atoms with Gasteiger partial charge in [0.05, 0.1) is 12.3 Å². The molecule has 3 aromatic rings. The number of benzene rings is 2. The summed E-state index contributed by atoms with van der Waals surface area (Å²) in [4.78, 5) is 16.0. The number of pyridine rings is 1. The summed E-state index contributed by atoms with van der Waals surface area (Å²) in [5, 5.41) is 11.2. The number of ether oxygens (including phenoxy) is 1. The quantitative estimate of drug-likeness (QED) is 0.269. The third-order valence-electron chi connectivity index (χ3n) is 5.99. The van der Waals surface area contributed by atoms with Crippen molar-refractivity contribution < 1.29 is 14.6 Å². The summed E-state index contributed by atoms with van der Waals surface area (Å²) in [6.45, 7) is 13.5. The van der Waals surface area contributed by atoms with Crippen LogP contribution < -0.4 is 4.74 Å². The smallest absolute Gasteiger partial charge is 0.328 e. The SMILES string of the molecule is CCCCOc1c(-c2nccc3ccc(C(C)=CC(=O)O)cc23)cc(C(C)C)cc1C(C)C. The van der Waals surface area contributed by atoms with Crippen LogP contribution in [0.25, 0.3) is 27.6 Å². The van der Waals surface area contributed by atoms with Gasteiger partial charge in [-0.05, 0) is 71.0 Å². The molecule has 0 radical (unpaired) electrons. The standard InChI is InChI=1S/C29H35NO3/c1-7-8-13-33-29-24(19(4)5)16-23(18(2)3)17-26(29)28-25-15-22(20(6)14-27(31)32)10-9-21(25)11-12-30-28/h9-12,14-19H,7-8,13H2,1-6H3,(H,31,32). The Balaban J connectivity index is 2.31. The van der Waals surface area contributed by atoms with Gasteiger partial charge in [0.1, 0.15) is 5.75 Å². The van der Waals surface area contributed by atoms with E-state index in [2.05, 4.69) is 46.8 Å². The lowest BCUT2D eigenvalue weighted by Gasteiger charge is -2.22. The van der Waals surface area contributed by atoms with Crippen molar-refractivity contribution >= 4 is 22.3 Å². The van der Waals surface area contributed by atoms with Crippen molar-refractivity contribution in [2.24, 2.45) is 0 Å². The van der Waals surface area contributed by atoms with Crippen LogP contribution >= 0.6 is 0 Å². The van der Waals surface area contributed by atoms with Crippen molar-refractivity contribution in [3.05, 3.63) is 65.4 Å². The third kappa shape index (κ3) is 5.62. The zero-order valence-corrected chi connectivity index (χ0v) is 20.6. The van der Waals surface area contributed by atoms with Crippen molar-refractivity contribution in [3.8, 4) is 17.0 Å². The number of rotatable bonds is 9. The molecule has 4 nitrogen and oxygen atoms in total. The summed E-state index contributed by atoms with van der Waals surface area (Å²) < 4.78 is 6.41. The lowest BCUT2D eigenvalue weighted by molar-refractivity contribution is -0.131. The zero-order valence-electron chi connectivity index (χ0n) is 20.6. The Kier molecular flexibility index (Phi) is 7.91. The first-order valence-electron chi connectivity index (χ1n) is 11.8. The molecule has 0 saturated carbocycles. The van der Waals surface area contributed by atoms with E-state index < -0.39 is 5.97 Å². The van der Waals surface area contributed by atoms with Gasteiger partial charge in [-0.25, -0.2) is 4.79 Å². The van der Waals surface area contributed by atoms with Gasteiger partial charge in [-0.15, -0.1) is 0 Å². The van der Waals surface area contributed by atoms with E-state index in [-0.39, 0.29) is 0 Å². The molecule has 4 heteroatoms. The van der Waals surface area contributed by atoms with Gasteiger partial charge in [0.15, 0.2) is 0 Å². The minimum absolute atomic E-state index is 0.311. The fourth-order valence-electron chi connectivity index (χ4n) is 3.99. The molecule has 1 aromatic heterocycles. The molecule has 0 amide bonds. The van der Waals surface area contributed by atoms with E-state index in [0.717, 1.165) is 46.2 Å². The lowest BCUT2D eigenvalue weighted by atomic mass is 9.89. The highest BCUT2D eigenvalue weighted by atomic mass is 16.5. The Morgan fingerprint density at radius 2 is 1.85 bits per heavy atom. The normalized spacial score (nSPS) is 12.1. The lowest BCUT2D eigenvalue weighted by Crippen LogP contribution is -2.05. The van der Waals surface area contributed by atoms with Crippen molar-refractivity contribution in [2.75, 3.05) is 6.61 Å². The van der Waals surface area contributed by atoms with E-state index >= 15 is 0 Å². The van der Waals surface area contributed by atoms with Crippen molar-refractivity contribution in [1.29, 1.82) is 0 Å². The number of hydrogen-bond acceptors (Lipinski definition) is 3. The first-order chi connectivity index (χ1) is 15.7. The molecule has 174 valence electrons. The van der Waals surface area contributed by atoms with Gasteiger partial charge < -0.3 is 9.84 Å². The fourth-order valence-corrected chi connectivity index (χ4v) is 3.99. The van der Waals surface area contributed by atoms with Crippen LogP contribution in [0.2, 0.25) is 0 Å². The molecule has 0 spiro atoms. The molecule has 0 unspecified atom stereocenters. The first kappa shape index (κ1) is 24.5. The Hall–Kier alpha value is -3.14. The van der Waals surface area contributed by atoms with Gasteiger partial charge in [-0.2, -0.15) is 0 Å². The molecule has 0 aliphatic carbocycles. The number of aromatic nitrogens is 1. The van der Waals surface area contributed by atoms with Crippen LogP contribution in [0.5, 0.6) is 5.75 Å². The van der Waals surface area contributed by atoms with E-state index in [0.29, 0.717) is 24.0 Å². The van der Waals surface area contributed by atoms with Crippen LogP contribution in [0.4, 0.5) is 0 Å². The molecule has 0 aliphatic heterocycles. The number of carboxylic acid groups (broad SMARTS) is 1. The van der Waals surface area contributed by atoms with Crippen molar-refractivity contribution in [1.82, 2.24) is 4.98 Å². The molecule has 0 fully saturated rings. The van der Waals surface area contributed by atoms with Gasteiger partial charge in [0.2, 0.25) is 0 Å². The second-order valence-corrected chi connectivity index (χ2v) is 9.26. The fraction of sp³-hybridized carbons (Fsp3) is 0.379. The molecule has 0 aliphatic rings. The Morgan fingerprint density at radius 3 is 2.48 bits per heavy atom. The second-order valence-electron chi connectivity index (χ2n) is 9.26. The first-order valence-corrected chi connectivity index (χ1v) is 11.8. The van der Waals surface area contributed by atoms with Gasteiger partial charge in [0.25, 0.3) is 0 Å². The minimum Gasteiger partial charge on any atom is -0.493 e. The van der Waals surface area contributed by atoms with E-state index in [9.17, 15) is 9.90 Å². The van der Waals surface area contributed by atoms with Gasteiger partial charge in [-0.1, -0.05) is 59.2 Å². The number of allylic oxidation sites excluding steroid dienone is 1. The average Bonchev–Trinajstić information content (AvgIpc) is 2.77. The average molecular weight is 446 g/mol. The number of hydrogen-bond donors (Lipinski definition) is 1. The van der Waals surface area contributed by atoms with Crippen LogP contribution in [-0.2, 0) is 4.79 Å². The number of fused-ring (bicyclic) bond motifs is 1. The Morgan fingerprint density at radius 1 is 1.09 bits per heavy atom. The summed E-state index contributed by atoms with van der Waals surface area (Å²) in [5.41, 5.74) is 5.91. The number of nitrogens with zero attached hydrogens (tertiary/aromatic N) is 1. The third-order valence-corrected chi connectivity index (χ3v) is 5.99. The number of carbonyl (C=O) groups is 1. The highest BCUT2D eigenvalue weighted by Gasteiger charge is 2.20. The molecule has 33 heavy (non-hydrogen) atoms. The zero-order chi connectivity index (χ0) is 24.1. The second kappa shape index (κ2) is 10.7. The predicted molar refractivity (Wildman–Crippen MR) is 137 cm³/mol. The molecule has 1 heterocycles. The molecule has 3 rings (SSSR count). The predicted octanol–water partition coefficient (Wildman–Crippen LogP) is 7.82. The summed E-state index contributed by atoms with van der Waals surface area (Å²) in [6, 6.07) is 12.5. The summed E-state index contributed by atoms with van der Waals surface area (Å²) >= 11 is 0. The van der Waals surface area contributed by atoms with E-state index in [4.69, 9.17) is 9.72 Å². The van der Waals surface area contributed by atoms with Crippen molar-refractivity contribution in [3.63, 3.8) is 0 Å². The van der Waals surface area contributed by atoms with E-state index in [1.54, 1.807) is 0 Å². The molecule has 2 aromatic carbocycles. The molecule has 0 atom stereocenters. The maximum Gasteiger partial charge on any atom is 0.328 e. The van der Waals surface area contributed by atoms with Crippen molar-refractivity contribution in [2.45, 2.75) is 66.2 Å². The maximum absolute atomic E-state index is 11.2. The highest BCUT2D eigenvalue weighted by molar-refractivity contribution is 5.99. The van der Waals surface area contributed by atoms with Gasteiger partial charge in [0, 0.05) is 23.2 Å². The van der Waals surface area contributed by atoms with E-state index in [1.165, 1.54) is 17.2 Å². The van der Waals surface area contributed by atoms with Crippen LogP contribution in [0.15, 0.2) is 48.7 Å². The highest BCUT2D eigenvalue weighted by Crippen LogP contribution is 2.41. The summed E-state index contributed by atoms with van der Waals surface area (Å²) in [6.07, 6.45) is 5.15. The van der Waals surface area contributed by atoms with Crippen LogP contribution in [0, 0.1) is 0 Å². The van der Waals surface area contributed by atoms with E-state index in [1.807, 2.05) is 37.4 Å². The van der Waals surface area contributed by atoms with Crippen LogP contribution in [0.1, 0.15) is 82.9 Å². The molecular formula is C29H35NO3. The largest absolute Gasteiger partial charge is 0.493 e. The minimum atomic E-state index is -0.947. The Labute approximate surface area is 197 Å². The van der Waals surface area contributed by atoms with Gasteiger partial charge in [-0.3, -0.25) is 4.98 Å². The maximum atomic E-state index is 11.2.